The van der Waals surface area contributed by atoms with Crippen LogP contribution in [0, 0.1) is 28.5 Å². The first-order valence-corrected chi connectivity index (χ1v) is 15.9. The number of nitrogens with one attached hydrogen (secondary N) is 1. The molecule has 0 bridgehead atoms. The van der Waals surface area contributed by atoms with Gasteiger partial charge in [0.15, 0.2) is 0 Å². The van der Waals surface area contributed by atoms with Crippen LogP contribution >= 0.6 is 23.2 Å². The summed E-state index contributed by atoms with van der Waals surface area (Å²) in [4.78, 5) is 33.6. The number of ether oxygens (including phenoxy) is 2. The third-order valence-electron chi connectivity index (χ3n) is 11.0. The topological polar surface area (TPSA) is 97.8 Å². The fourth-order valence-electron chi connectivity index (χ4n) is 8.77. The zero-order valence-electron chi connectivity index (χ0n) is 24.8. The maximum Gasteiger partial charge on any atom is 0.237 e. The first kappa shape index (κ1) is 30.9. The Morgan fingerprint density at radius 1 is 1.19 bits per heavy atom. The molecule has 1 aromatic heterocycles. The molecule has 232 valence electrons. The van der Waals surface area contributed by atoms with E-state index in [0.717, 1.165) is 12.8 Å². The van der Waals surface area contributed by atoms with Crippen LogP contribution < -0.4 is 5.32 Å². The highest BCUT2D eigenvalue weighted by molar-refractivity contribution is 6.31. The number of nitrogens with zero attached hydrogens (tertiary/aromatic N) is 1. The van der Waals surface area contributed by atoms with Crippen molar-refractivity contribution in [2.75, 3.05) is 25.6 Å². The standard InChI is InChI=1S/C33H39Cl2FN2O5/c1-31(2)9-11-32(12-10-31)15-20(23(40)13-18-14-24(42-3)25(16-39)43-17-18)27(19-5-4-6-22(34)28(19)36)33(32)21-7-8-26(35)37-29(21)38-30(33)41/h4-8,18,20,24-25,27,39H,9-17H2,1-3H3,(H,37,38,41)/t18-,20+,24-,25-,27+,33-/m1/s1. The second-order valence-corrected chi connectivity index (χ2v) is 14.6. The number of aliphatic hydroxyl groups excluding tert-OH is 1. The molecule has 2 spiro atoms. The van der Waals surface area contributed by atoms with Gasteiger partial charge in [-0.3, -0.25) is 9.59 Å². The molecule has 2 aromatic rings. The van der Waals surface area contributed by atoms with Crippen molar-refractivity contribution < 1.29 is 28.6 Å². The minimum Gasteiger partial charge on any atom is -0.394 e. The lowest BCUT2D eigenvalue weighted by molar-refractivity contribution is -0.139. The Bertz CT molecular complexity index is 1430. The molecule has 3 heterocycles. The summed E-state index contributed by atoms with van der Waals surface area (Å²) in [6.07, 6.45) is 3.63. The number of hydrogen-bond donors (Lipinski definition) is 2. The van der Waals surface area contributed by atoms with Crippen LogP contribution in [-0.4, -0.2) is 54.3 Å². The van der Waals surface area contributed by atoms with Crippen molar-refractivity contribution in [3.8, 4) is 0 Å². The van der Waals surface area contributed by atoms with E-state index in [2.05, 4.69) is 24.1 Å². The number of hydrogen-bond acceptors (Lipinski definition) is 6. The maximum atomic E-state index is 16.1. The van der Waals surface area contributed by atoms with Crippen LogP contribution in [0.2, 0.25) is 10.2 Å². The molecule has 3 fully saturated rings. The van der Waals surface area contributed by atoms with Gasteiger partial charge in [-0.2, -0.15) is 0 Å². The van der Waals surface area contributed by atoms with Gasteiger partial charge in [0.05, 0.1) is 29.8 Å². The predicted molar refractivity (Wildman–Crippen MR) is 162 cm³/mol. The monoisotopic (exact) mass is 632 g/mol. The zero-order valence-corrected chi connectivity index (χ0v) is 26.3. The minimum absolute atomic E-state index is 0.0282. The van der Waals surface area contributed by atoms with E-state index in [0.29, 0.717) is 43.7 Å². The summed E-state index contributed by atoms with van der Waals surface area (Å²) in [6, 6.07) is 8.35. The number of halogens is 3. The van der Waals surface area contributed by atoms with Gasteiger partial charge in [-0.25, -0.2) is 9.37 Å². The summed E-state index contributed by atoms with van der Waals surface area (Å²) >= 11 is 12.6. The largest absolute Gasteiger partial charge is 0.394 e. The number of carbonyl (C=O) groups excluding carboxylic acids is 2. The molecular formula is C33H39Cl2FN2O5. The van der Waals surface area contributed by atoms with Gasteiger partial charge in [-0.05, 0) is 73.0 Å². The molecular weight excluding hydrogens is 594 g/mol. The van der Waals surface area contributed by atoms with Crippen molar-refractivity contribution in [3.05, 3.63) is 57.5 Å². The highest BCUT2D eigenvalue weighted by atomic mass is 35.5. The van der Waals surface area contributed by atoms with Gasteiger partial charge < -0.3 is 19.9 Å². The van der Waals surface area contributed by atoms with Gasteiger partial charge in [0, 0.05) is 30.9 Å². The van der Waals surface area contributed by atoms with E-state index in [9.17, 15) is 14.7 Å². The molecule has 1 saturated heterocycles. The second kappa shape index (κ2) is 11.4. The van der Waals surface area contributed by atoms with E-state index in [-0.39, 0.29) is 57.9 Å². The van der Waals surface area contributed by atoms with Gasteiger partial charge in [0.1, 0.15) is 28.7 Å². The van der Waals surface area contributed by atoms with E-state index in [4.69, 9.17) is 32.7 Å². The molecule has 10 heteroatoms. The van der Waals surface area contributed by atoms with Gasteiger partial charge >= 0.3 is 0 Å². The molecule has 43 heavy (non-hydrogen) atoms. The Labute approximate surface area is 261 Å². The number of benzene rings is 1. The number of aliphatic hydroxyl groups is 1. The molecule has 2 aliphatic heterocycles. The smallest absolute Gasteiger partial charge is 0.237 e. The van der Waals surface area contributed by atoms with Crippen LogP contribution in [-0.2, 0) is 24.5 Å². The predicted octanol–water partition coefficient (Wildman–Crippen LogP) is 6.48. The minimum atomic E-state index is -1.23. The molecule has 1 amide bonds. The first-order valence-electron chi connectivity index (χ1n) is 15.2. The van der Waals surface area contributed by atoms with Crippen LogP contribution in [0.15, 0.2) is 30.3 Å². The number of methoxy groups -OCH3 is 1. The molecule has 6 atom stereocenters. The third-order valence-corrected chi connectivity index (χ3v) is 11.5. The zero-order chi connectivity index (χ0) is 30.7. The Kier molecular flexibility index (Phi) is 8.17. The van der Waals surface area contributed by atoms with Crippen LogP contribution in [0.5, 0.6) is 0 Å². The normalized spacial score (nSPS) is 32.6. The SMILES string of the molecule is CO[C@@H]1C[C@@H](CC(=O)[C@@H]2CC3(CCC(C)(C)CC3)[C@@]3(C(=O)Nc4nc(Cl)ccc43)[C@H]2c2cccc(Cl)c2F)CO[C@@H]1CO. The van der Waals surface area contributed by atoms with Gasteiger partial charge in [-0.1, -0.05) is 55.2 Å². The fourth-order valence-corrected chi connectivity index (χ4v) is 9.10. The van der Waals surface area contributed by atoms with Crippen molar-refractivity contribution in [2.24, 2.45) is 22.7 Å². The number of pyridine rings is 1. The van der Waals surface area contributed by atoms with Gasteiger partial charge in [-0.15, -0.1) is 0 Å². The summed E-state index contributed by atoms with van der Waals surface area (Å²) in [5, 5.41) is 12.9. The molecule has 2 saturated carbocycles. The van der Waals surface area contributed by atoms with Crippen LogP contribution in [0.4, 0.5) is 10.2 Å². The number of fused-ring (bicyclic) bond motifs is 3. The summed E-state index contributed by atoms with van der Waals surface area (Å²) < 4.78 is 27.6. The molecule has 4 aliphatic rings. The second-order valence-electron chi connectivity index (χ2n) is 13.8. The highest BCUT2D eigenvalue weighted by Gasteiger charge is 2.72. The molecule has 0 unspecified atom stereocenters. The number of Topliss-reactive ketones (excluding diaryl/α,β-unsaturated/α-hetero) is 1. The van der Waals surface area contributed by atoms with E-state index >= 15 is 4.39 Å². The number of anilines is 1. The Balaban J connectivity index is 1.49. The van der Waals surface area contributed by atoms with Crippen molar-refractivity contribution in [3.63, 3.8) is 0 Å². The van der Waals surface area contributed by atoms with E-state index < -0.39 is 34.6 Å². The number of ketones is 1. The number of amides is 1. The Morgan fingerprint density at radius 2 is 1.93 bits per heavy atom. The lowest BCUT2D eigenvalue weighted by atomic mass is 9.51. The summed E-state index contributed by atoms with van der Waals surface area (Å²) in [6.45, 7) is 4.62. The van der Waals surface area contributed by atoms with Crippen LogP contribution in [0.1, 0.15) is 75.8 Å². The number of carbonyl (C=O) groups is 2. The summed E-state index contributed by atoms with van der Waals surface area (Å²) in [5.41, 5.74) is -0.803. The molecule has 2 aliphatic carbocycles. The van der Waals surface area contributed by atoms with E-state index in [1.54, 1.807) is 25.3 Å². The fraction of sp³-hybridized carbons (Fsp3) is 0.606. The molecule has 1 aromatic carbocycles. The highest BCUT2D eigenvalue weighted by Crippen LogP contribution is 2.72. The maximum absolute atomic E-state index is 16.1. The van der Waals surface area contributed by atoms with Crippen LogP contribution in [0.25, 0.3) is 0 Å². The van der Waals surface area contributed by atoms with Gasteiger partial charge in [0.2, 0.25) is 5.91 Å². The molecule has 7 nitrogen and oxygen atoms in total. The van der Waals surface area contributed by atoms with Crippen molar-refractivity contribution in [1.82, 2.24) is 4.98 Å². The average molecular weight is 634 g/mol. The van der Waals surface area contributed by atoms with Crippen molar-refractivity contribution in [1.29, 1.82) is 0 Å². The van der Waals surface area contributed by atoms with Gasteiger partial charge in [0.25, 0.3) is 0 Å². The van der Waals surface area contributed by atoms with Crippen molar-refractivity contribution >= 4 is 40.7 Å². The van der Waals surface area contributed by atoms with E-state index in [1.165, 1.54) is 6.07 Å². The molecule has 6 rings (SSSR count). The summed E-state index contributed by atoms with van der Waals surface area (Å²) in [5.74, 6) is -2.08. The van der Waals surface area contributed by atoms with Crippen LogP contribution in [0.3, 0.4) is 0 Å². The lowest BCUT2D eigenvalue weighted by Gasteiger charge is -2.50. The quantitative estimate of drug-likeness (QED) is 0.354. The van der Waals surface area contributed by atoms with E-state index in [1.807, 2.05) is 6.07 Å². The Hall–Kier alpha value is -2.10. The first-order chi connectivity index (χ1) is 20.5. The molecule has 0 radical (unpaired) electrons. The Morgan fingerprint density at radius 3 is 2.63 bits per heavy atom. The third kappa shape index (κ3) is 4.92. The number of rotatable bonds is 6. The summed E-state index contributed by atoms with van der Waals surface area (Å²) in [7, 11) is 1.57. The average Bonchev–Trinajstić information content (AvgIpc) is 3.44. The van der Waals surface area contributed by atoms with Crippen molar-refractivity contribution in [2.45, 2.75) is 82.3 Å². The number of aromatic nitrogens is 1. The molecule has 2 N–H and O–H groups in total. The lowest BCUT2D eigenvalue weighted by Crippen LogP contribution is -2.52.